The quantitative estimate of drug-likeness (QED) is 0.726. The van der Waals surface area contributed by atoms with Crippen LogP contribution in [0.25, 0.3) is 0 Å². The van der Waals surface area contributed by atoms with Gasteiger partial charge in [-0.2, -0.15) is 0 Å². The lowest BCUT2D eigenvalue weighted by Crippen LogP contribution is -2.41. The van der Waals surface area contributed by atoms with E-state index in [1.807, 2.05) is 0 Å². The van der Waals surface area contributed by atoms with Crippen molar-refractivity contribution in [2.45, 2.75) is 18.4 Å². The van der Waals surface area contributed by atoms with Gasteiger partial charge < -0.3 is 19.5 Å². The molecule has 9 nitrogen and oxygen atoms in total. The summed E-state index contributed by atoms with van der Waals surface area (Å²) in [5, 5.41) is 0. The molecule has 0 unspecified atom stereocenters. The Bertz CT molecular complexity index is 782. The van der Waals surface area contributed by atoms with E-state index < -0.39 is 16.9 Å². The molecule has 1 spiro atoms. The number of carbonyl (C=O) groups excluding carboxylic acids is 2. The molecule has 9 heteroatoms. The number of nitrogens with one attached hydrogen (secondary N) is 1. The minimum Gasteiger partial charge on any atom is -0.439 e. The number of hydrogen-bond donors (Lipinski definition) is 1. The van der Waals surface area contributed by atoms with Crippen LogP contribution in [0.3, 0.4) is 0 Å². The second kappa shape index (κ2) is 5.25. The Balaban J connectivity index is 1.71. The zero-order valence-electron chi connectivity index (χ0n) is 13.0. The molecule has 2 amide bonds. The maximum absolute atomic E-state index is 12.4. The van der Waals surface area contributed by atoms with E-state index in [1.165, 1.54) is 18.1 Å². The lowest BCUT2D eigenvalue weighted by Gasteiger charge is -2.21. The minimum atomic E-state index is -0.641. The molecule has 2 aliphatic heterocycles. The summed E-state index contributed by atoms with van der Waals surface area (Å²) in [5.41, 5.74) is -1.41. The molecule has 1 atom stereocenters. The molecule has 0 aliphatic carbocycles. The highest BCUT2D eigenvalue weighted by Crippen LogP contribution is 2.31. The van der Waals surface area contributed by atoms with Gasteiger partial charge in [0.1, 0.15) is 0 Å². The van der Waals surface area contributed by atoms with Crippen molar-refractivity contribution in [3.05, 3.63) is 32.6 Å². The summed E-state index contributed by atoms with van der Waals surface area (Å²) in [6, 6.07) is 0. The van der Waals surface area contributed by atoms with E-state index in [0.29, 0.717) is 26.1 Å². The summed E-state index contributed by atoms with van der Waals surface area (Å²) in [6.07, 6.45) is 1.38. The van der Waals surface area contributed by atoms with Gasteiger partial charge in [-0.15, -0.1) is 0 Å². The van der Waals surface area contributed by atoms with Gasteiger partial charge in [-0.3, -0.25) is 14.2 Å². The summed E-state index contributed by atoms with van der Waals surface area (Å²) in [6.45, 7) is 1.26. The van der Waals surface area contributed by atoms with Crippen LogP contribution in [0.15, 0.2) is 15.8 Å². The first-order valence-corrected chi connectivity index (χ1v) is 7.31. The van der Waals surface area contributed by atoms with E-state index >= 15 is 0 Å². The van der Waals surface area contributed by atoms with E-state index in [0.717, 1.165) is 4.57 Å². The number of likely N-dealkylation sites (tertiary alicyclic amines) is 1. The van der Waals surface area contributed by atoms with Crippen molar-refractivity contribution in [2.24, 2.45) is 7.05 Å². The Hall–Kier alpha value is -2.58. The molecule has 2 saturated heterocycles. The van der Waals surface area contributed by atoms with Gasteiger partial charge in [0.25, 0.3) is 5.56 Å². The smallest absolute Gasteiger partial charge is 0.410 e. The van der Waals surface area contributed by atoms with Crippen LogP contribution in [0, 0.1) is 0 Å². The third-order valence-electron chi connectivity index (χ3n) is 4.41. The number of rotatable bonds is 2. The first-order chi connectivity index (χ1) is 10.8. The van der Waals surface area contributed by atoms with Crippen LogP contribution in [0.4, 0.5) is 4.79 Å². The standard InChI is InChI=1S/C14H18N4O5/c1-16-7-14(23-13(16)22)3-4-18(8-14)10(19)5-9-6-15-12(21)17(2)11(9)20/h6H,3-5,7-8H2,1-2H3,(H,15,21)/t14-/m1/s1. The predicted molar refractivity (Wildman–Crippen MR) is 79.0 cm³/mol. The van der Waals surface area contributed by atoms with Crippen molar-refractivity contribution >= 4 is 12.0 Å². The van der Waals surface area contributed by atoms with Gasteiger partial charge in [-0.1, -0.05) is 0 Å². The van der Waals surface area contributed by atoms with Crippen LogP contribution in [0.5, 0.6) is 0 Å². The van der Waals surface area contributed by atoms with Crippen LogP contribution in [0.2, 0.25) is 0 Å². The normalized spacial score (nSPS) is 23.7. The van der Waals surface area contributed by atoms with Gasteiger partial charge in [0, 0.05) is 38.8 Å². The summed E-state index contributed by atoms with van der Waals surface area (Å²) in [4.78, 5) is 52.7. The Morgan fingerprint density at radius 1 is 1.30 bits per heavy atom. The topological polar surface area (TPSA) is 105 Å². The fourth-order valence-corrected chi connectivity index (χ4v) is 3.08. The predicted octanol–water partition coefficient (Wildman–Crippen LogP) is -1.33. The van der Waals surface area contributed by atoms with Crippen molar-refractivity contribution in [3.63, 3.8) is 0 Å². The molecule has 0 radical (unpaired) electrons. The average molecular weight is 322 g/mol. The molecular weight excluding hydrogens is 304 g/mol. The van der Waals surface area contributed by atoms with E-state index in [9.17, 15) is 19.2 Å². The summed E-state index contributed by atoms with van der Waals surface area (Å²) < 4.78 is 6.32. The van der Waals surface area contributed by atoms with Gasteiger partial charge in [0.05, 0.1) is 19.5 Å². The number of nitrogens with zero attached hydrogens (tertiary/aromatic N) is 3. The molecule has 1 N–H and O–H groups in total. The largest absolute Gasteiger partial charge is 0.439 e. The highest BCUT2D eigenvalue weighted by molar-refractivity contribution is 5.79. The van der Waals surface area contributed by atoms with Crippen molar-refractivity contribution in [1.82, 2.24) is 19.4 Å². The summed E-state index contributed by atoms with van der Waals surface area (Å²) in [5.74, 6) is -0.225. The van der Waals surface area contributed by atoms with Crippen LogP contribution in [0.1, 0.15) is 12.0 Å². The van der Waals surface area contributed by atoms with Crippen LogP contribution in [-0.2, 0) is 23.0 Å². The number of aromatic amines is 1. The molecule has 0 aromatic carbocycles. The van der Waals surface area contributed by atoms with Crippen molar-refractivity contribution in [2.75, 3.05) is 26.7 Å². The van der Waals surface area contributed by atoms with Crippen molar-refractivity contribution < 1.29 is 14.3 Å². The highest BCUT2D eigenvalue weighted by atomic mass is 16.6. The molecule has 0 bridgehead atoms. The van der Waals surface area contributed by atoms with Crippen molar-refractivity contribution in [3.8, 4) is 0 Å². The summed E-state index contributed by atoms with van der Waals surface area (Å²) in [7, 11) is 3.01. The van der Waals surface area contributed by atoms with Crippen LogP contribution >= 0.6 is 0 Å². The second-order valence-corrected chi connectivity index (χ2v) is 6.13. The fraction of sp³-hybridized carbons (Fsp3) is 0.571. The number of amides is 2. The van der Waals surface area contributed by atoms with E-state index in [1.54, 1.807) is 11.9 Å². The maximum Gasteiger partial charge on any atom is 0.410 e. The second-order valence-electron chi connectivity index (χ2n) is 6.13. The molecule has 3 rings (SSSR count). The third-order valence-corrected chi connectivity index (χ3v) is 4.41. The number of H-pyrrole nitrogens is 1. The number of likely N-dealkylation sites (N-methyl/N-ethyl adjacent to an activating group) is 1. The zero-order valence-corrected chi connectivity index (χ0v) is 13.0. The number of aromatic nitrogens is 2. The van der Waals surface area contributed by atoms with Gasteiger partial charge >= 0.3 is 11.8 Å². The first kappa shape index (κ1) is 15.3. The molecule has 1 aromatic rings. The van der Waals surface area contributed by atoms with Gasteiger partial charge in [0.2, 0.25) is 5.91 Å². The minimum absolute atomic E-state index is 0.0939. The Morgan fingerprint density at radius 3 is 2.70 bits per heavy atom. The Labute approximate surface area is 131 Å². The zero-order chi connectivity index (χ0) is 16.8. The van der Waals surface area contributed by atoms with Crippen LogP contribution < -0.4 is 11.2 Å². The fourth-order valence-electron chi connectivity index (χ4n) is 3.08. The summed E-state index contributed by atoms with van der Waals surface area (Å²) >= 11 is 0. The van der Waals surface area contributed by atoms with E-state index in [4.69, 9.17) is 4.74 Å². The molecule has 3 heterocycles. The molecule has 2 fully saturated rings. The Morgan fingerprint density at radius 2 is 2.04 bits per heavy atom. The highest BCUT2D eigenvalue weighted by Gasteiger charge is 2.49. The molecule has 0 saturated carbocycles. The van der Waals surface area contributed by atoms with E-state index in [2.05, 4.69) is 4.98 Å². The molecular formula is C14H18N4O5. The number of hydrogen-bond acceptors (Lipinski definition) is 5. The van der Waals surface area contributed by atoms with E-state index in [-0.39, 0.29) is 24.0 Å². The van der Waals surface area contributed by atoms with Crippen LogP contribution in [-0.4, -0.2) is 63.6 Å². The first-order valence-electron chi connectivity index (χ1n) is 7.31. The van der Waals surface area contributed by atoms with Crippen molar-refractivity contribution in [1.29, 1.82) is 0 Å². The lowest BCUT2D eigenvalue weighted by atomic mass is 10.0. The Kier molecular flexibility index (Phi) is 3.50. The van der Waals surface area contributed by atoms with Gasteiger partial charge in [-0.25, -0.2) is 9.59 Å². The third kappa shape index (κ3) is 2.62. The van der Waals surface area contributed by atoms with Gasteiger partial charge in [0.15, 0.2) is 5.60 Å². The average Bonchev–Trinajstić information content (AvgIpc) is 3.03. The maximum atomic E-state index is 12.4. The molecule has 1 aromatic heterocycles. The number of carbonyl (C=O) groups is 2. The molecule has 2 aliphatic rings. The van der Waals surface area contributed by atoms with Gasteiger partial charge in [-0.05, 0) is 0 Å². The monoisotopic (exact) mass is 322 g/mol. The lowest BCUT2D eigenvalue weighted by molar-refractivity contribution is -0.130. The SMILES string of the molecule is CN1C[C@@]2(CCN(C(=O)Cc3c[nH]c(=O)n(C)c3=O)C2)OC1=O. The number of ether oxygens (including phenoxy) is 1. The molecule has 124 valence electrons. The molecule has 23 heavy (non-hydrogen) atoms.